The first-order chi connectivity index (χ1) is 5.29. The quantitative estimate of drug-likeness (QED) is 0.412. The van der Waals surface area contributed by atoms with Crippen molar-refractivity contribution < 1.29 is 50.8 Å². The summed E-state index contributed by atoms with van der Waals surface area (Å²) < 4.78 is 0. The van der Waals surface area contributed by atoms with Crippen LogP contribution in [0.25, 0.3) is 0 Å². The molecule has 0 rings (SSSR count). The predicted octanol–water partition coefficient (Wildman–Crippen LogP) is -1.59. The normalized spacial score (nSPS) is 6.92. The smallest absolute Gasteiger partial charge is 1.00 e. The van der Waals surface area contributed by atoms with Crippen LogP contribution in [-0.2, 0) is 9.59 Å². The molecular formula is C8H13NaO4. The third-order valence-electron chi connectivity index (χ3n) is 0.730. The molecule has 0 aromatic rings. The zero-order chi connectivity index (χ0) is 10.3. The summed E-state index contributed by atoms with van der Waals surface area (Å²) >= 11 is 0. The van der Waals surface area contributed by atoms with E-state index in [-0.39, 0.29) is 42.1 Å². The fraction of sp³-hybridized carbons (Fsp3) is 0.250. The van der Waals surface area contributed by atoms with E-state index in [0.29, 0.717) is 0 Å². The Hall–Kier alpha value is -0.580. The molecule has 13 heavy (non-hydrogen) atoms. The fourth-order valence-electron chi connectivity index (χ4n) is 0. The minimum absolute atomic E-state index is 0. The first-order valence-corrected chi connectivity index (χ1v) is 3.06. The van der Waals surface area contributed by atoms with Crippen molar-refractivity contribution in [2.75, 3.05) is 0 Å². The molecule has 0 aromatic carbocycles. The average molecular weight is 196 g/mol. The van der Waals surface area contributed by atoms with Gasteiger partial charge in [-0.05, 0) is 13.8 Å². The predicted molar refractivity (Wildman–Crippen MR) is 46.0 cm³/mol. The first kappa shape index (κ1) is 18.3. The van der Waals surface area contributed by atoms with E-state index < -0.39 is 11.9 Å². The zero-order valence-electron chi connectivity index (χ0n) is 9.13. The van der Waals surface area contributed by atoms with Crippen molar-refractivity contribution in [3.63, 3.8) is 0 Å². The van der Waals surface area contributed by atoms with E-state index >= 15 is 0 Å². The fourth-order valence-corrected chi connectivity index (χ4v) is 0. The Morgan fingerprint density at radius 1 is 1.00 bits per heavy atom. The number of carboxylic acids is 2. The molecule has 4 nitrogen and oxygen atoms in total. The van der Waals surface area contributed by atoms with Crippen LogP contribution in [0.4, 0.5) is 0 Å². The van der Waals surface area contributed by atoms with E-state index in [2.05, 4.69) is 13.2 Å². The molecule has 0 saturated heterocycles. The van der Waals surface area contributed by atoms with Crippen LogP contribution in [0, 0.1) is 0 Å². The second-order valence-electron chi connectivity index (χ2n) is 2.17. The molecule has 0 radical (unpaired) electrons. The summed E-state index contributed by atoms with van der Waals surface area (Å²) in [6.07, 6.45) is 0. The van der Waals surface area contributed by atoms with Gasteiger partial charge in [0.2, 0.25) is 0 Å². The van der Waals surface area contributed by atoms with E-state index in [1.54, 1.807) is 0 Å². The molecule has 5 heteroatoms. The summed E-state index contributed by atoms with van der Waals surface area (Å²) in [6.45, 7) is 9.20. The second-order valence-corrected chi connectivity index (χ2v) is 2.17. The van der Waals surface area contributed by atoms with Gasteiger partial charge in [-0.2, -0.15) is 0 Å². The molecule has 2 N–H and O–H groups in total. The average Bonchev–Trinajstić information content (AvgIpc) is 1.88. The molecule has 70 valence electrons. The van der Waals surface area contributed by atoms with Crippen LogP contribution in [0.3, 0.4) is 0 Å². The molecule has 0 amide bonds. The summed E-state index contributed by atoms with van der Waals surface area (Å²) in [5, 5.41) is 15.8. The van der Waals surface area contributed by atoms with Crippen LogP contribution in [0.5, 0.6) is 0 Å². The van der Waals surface area contributed by atoms with Crippen molar-refractivity contribution >= 4 is 11.9 Å². The van der Waals surface area contributed by atoms with E-state index in [9.17, 15) is 9.59 Å². The Morgan fingerprint density at radius 2 is 1.08 bits per heavy atom. The van der Waals surface area contributed by atoms with Gasteiger partial charge >= 0.3 is 41.5 Å². The van der Waals surface area contributed by atoms with Crippen molar-refractivity contribution in [2.45, 2.75) is 13.8 Å². The van der Waals surface area contributed by atoms with Gasteiger partial charge in [0, 0.05) is 11.1 Å². The first-order valence-electron chi connectivity index (χ1n) is 3.06. The Morgan fingerprint density at radius 3 is 1.08 bits per heavy atom. The minimum atomic E-state index is -0.935. The van der Waals surface area contributed by atoms with Crippen LogP contribution in [0.1, 0.15) is 15.3 Å². The van der Waals surface area contributed by atoms with Crippen molar-refractivity contribution in [3.8, 4) is 0 Å². The van der Waals surface area contributed by atoms with Gasteiger partial charge < -0.3 is 11.6 Å². The van der Waals surface area contributed by atoms with Crippen molar-refractivity contribution in [3.05, 3.63) is 24.3 Å². The van der Waals surface area contributed by atoms with Crippen molar-refractivity contribution in [2.24, 2.45) is 0 Å². The van der Waals surface area contributed by atoms with Crippen molar-refractivity contribution in [1.29, 1.82) is 0 Å². The van der Waals surface area contributed by atoms with Crippen molar-refractivity contribution in [1.82, 2.24) is 0 Å². The Balaban J connectivity index is -0.0000000625. The number of carbonyl (C=O) groups is 2. The molecule has 0 aromatic heterocycles. The Kier molecular flexibility index (Phi) is 13.3. The molecule has 0 bridgehead atoms. The van der Waals surface area contributed by atoms with Crippen LogP contribution in [-0.4, -0.2) is 22.2 Å². The van der Waals surface area contributed by atoms with E-state index in [0.717, 1.165) is 0 Å². The molecular weight excluding hydrogens is 183 g/mol. The number of rotatable bonds is 2. The summed E-state index contributed by atoms with van der Waals surface area (Å²) in [5.41, 5.74) is 0.352. The van der Waals surface area contributed by atoms with Gasteiger partial charge in [-0.25, -0.2) is 9.59 Å². The SMILES string of the molecule is C=C(C)C(=O)O.C=C(C)C(=O)O.[H-].[Na+]. The standard InChI is InChI=1S/2C4H6O2.Na.H/c2*1-3(2)4(5)6;;/h2*1H2,2H3,(H,5,6);;/q;;+1;-1. The maximum absolute atomic E-state index is 9.60. The molecule has 0 unspecified atom stereocenters. The summed E-state index contributed by atoms with van der Waals surface area (Å²) in [7, 11) is 0. The number of carboxylic acid groups (broad SMARTS) is 2. The minimum Gasteiger partial charge on any atom is -1.00 e. The molecule has 0 atom stereocenters. The summed E-state index contributed by atoms with van der Waals surface area (Å²) in [6, 6.07) is 0. The van der Waals surface area contributed by atoms with Gasteiger partial charge in [0.05, 0.1) is 0 Å². The summed E-state index contributed by atoms with van der Waals surface area (Å²) in [4.78, 5) is 19.2. The van der Waals surface area contributed by atoms with Gasteiger partial charge in [0.15, 0.2) is 0 Å². The van der Waals surface area contributed by atoms with E-state index in [1.165, 1.54) is 13.8 Å². The maximum Gasteiger partial charge on any atom is 1.00 e. The van der Waals surface area contributed by atoms with Gasteiger partial charge in [-0.1, -0.05) is 13.2 Å². The zero-order valence-corrected chi connectivity index (χ0v) is 10.1. The molecule has 0 fully saturated rings. The number of aliphatic carboxylic acids is 2. The van der Waals surface area contributed by atoms with Gasteiger partial charge in [0.1, 0.15) is 0 Å². The second kappa shape index (κ2) is 9.51. The molecule has 0 aliphatic heterocycles. The van der Waals surface area contributed by atoms with E-state index in [4.69, 9.17) is 10.2 Å². The molecule has 0 saturated carbocycles. The number of hydrogen-bond donors (Lipinski definition) is 2. The summed E-state index contributed by atoms with van der Waals surface area (Å²) in [5.74, 6) is -1.87. The largest absolute Gasteiger partial charge is 1.00 e. The van der Waals surface area contributed by atoms with Gasteiger partial charge in [-0.3, -0.25) is 0 Å². The van der Waals surface area contributed by atoms with E-state index in [1.807, 2.05) is 0 Å². The monoisotopic (exact) mass is 196 g/mol. The van der Waals surface area contributed by atoms with Crippen LogP contribution >= 0.6 is 0 Å². The Labute approximate surface area is 101 Å². The molecule has 0 spiro atoms. The molecule has 0 heterocycles. The Bertz CT molecular complexity index is 177. The van der Waals surface area contributed by atoms with Gasteiger partial charge in [-0.15, -0.1) is 0 Å². The van der Waals surface area contributed by atoms with Gasteiger partial charge in [0.25, 0.3) is 0 Å². The number of hydrogen-bond acceptors (Lipinski definition) is 2. The third kappa shape index (κ3) is 18.4. The van der Waals surface area contributed by atoms with Crippen LogP contribution in [0.2, 0.25) is 0 Å². The topological polar surface area (TPSA) is 74.6 Å². The maximum atomic E-state index is 9.60. The third-order valence-corrected chi connectivity index (χ3v) is 0.730. The van der Waals surface area contributed by atoms with Crippen LogP contribution in [0.15, 0.2) is 24.3 Å². The van der Waals surface area contributed by atoms with Crippen LogP contribution < -0.4 is 29.6 Å². The molecule has 0 aliphatic rings. The molecule has 0 aliphatic carbocycles.